The summed E-state index contributed by atoms with van der Waals surface area (Å²) in [5.74, 6) is 1.84. The summed E-state index contributed by atoms with van der Waals surface area (Å²) in [4.78, 5) is 15.8. The van der Waals surface area contributed by atoms with Crippen molar-refractivity contribution in [3.05, 3.63) is 237 Å². The van der Waals surface area contributed by atoms with Crippen molar-refractivity contribution in [2.45, 2.75) is 0 Å². The quantitative estimate of drug-likeness (QED) is 0.160. The predicted octanol–water partition coefficient (Wildman–Crippen LogP) is 16.8. The van der Waals surface area contributed by atoms with Crippen LogP contribution in [0.15, 0.2) is 237 Å². The van der Waals surface area contributed by atoms with Crippen molar-refractivity contribution >= 4 is 75.1 Å². The standard InChI is InChI=1S/C63H39N5S/c1-4-17-40(18-5-1)41-31-33-43(34-32-41)61-64-62(66-63(65-61)54-28-11-10-25-47(54)42-19-6-2-7-20-42)44-21-16-24-46(39-44)68-56-30-15-13-27-49(56)51-36-38-53-52-37-35-50-48-26-12-14-29-55(48)67(45-22-8-3-9-23-45)57(50)59(52)69-60(53)58(51)68/h1-39H. The summed E-state index contributed by atoms with van der Waals surface area (Å²) in [6.45, 7) is 0. The highest BCUT2D eigenvalue weighted by Gasteiger charge is 2.23. The van der Waals surface area contributed by atoms with Crippen LogP contribution in [0.25, 0.3) is 132 Å². The van der Waals surface area contributed by atoms with Gasteiger partial charge in [0.2, 0.25) is 0 Å². The van der Waals surface area contributed by atoms with Gasteiger partial charge in [0.05, 0.1) is 31.5 Å². The van der Waals surface area contributed by atoms with Crippen molar-refractivity contribution in [2.75, 3.05) is 0 Å². The Labute approximate surface area is 401 Å². The SMILES string of the molecule is c1ccc(-c2ccc(-c3nc(-c4cccc(-n5c6ccccc6c6ccc7c8ccc9c%10ccccc%10n(-c%10ccccc%10)c9c8sc7c65)c4)nc(-c4ccccc4-c4ccccc4)n3)cc2)cc1. The van der Waals surface area contributed by atoms with Gasteiger partial charge in [0.1, 0.15) is 0 Å². The normalized spacial score (nSPS) is 11.8. The highest BCUT2D eigenvalue weighted by atomic mass is 32.1. The van der Waals surface area contributed by atoms with Crippen LogP contribution in [-0.2, 0) is 0 Å². The number of nitrogens with zero attached hydrogens (tertiary/aromatic N) is 5. The number of para-hydroxylation sites is 3. The van der Waals surface area contributed by atoms with E-state index >= 15 is 0 Å². The average Bonchev–Trinajstić information content (AvgIpc) is 4.10. The predicted molar refractivity (Wildman–Crippen MR) is 289 cm³/mol. The molecule has 0 saturated carbocycles. The Morgan fingerprint density at radius 3 is 1.35 bits per heavy atom. The molecule has 4 heterocycles. The summed E-state index contributed by atoms with van der Waals surface area (Å²) in [6.07, 6.45) is 0. The summed E-state index contributed by atoms with van der Waals surface area (Å²) in [5.41, 5.74) is 14.2. The van der Waals surface area contributed by atoms with Gasteiger partial charge in [-0.05, 0) is 58.7 Å². The van der Waals surface area contributed by atoms with E-state index in [1.165, 1.54) is 58.3 Å². The van der Waals surface area contributed by atoms with Crippen LogP contribution in [0.2, 0.25) is 0 Å². The van der Waals surface area contributed by atoms with Gasteiger partial charge in [-0.3, -0.25) is 0 Å². The summed E-state index contributed by atoms with van der Waals surface area (Å²) >= 11 is 1.89. The molecule has 14 rings (SSSR count). The molecule has 0 unspecified atom stereocenters. The van der Waals surface area contributed by atoms with E-state index in [0.29, 0.717) is 17.5 Å². The number of rotatable bonds is 7. The van der Waals surface area contributed by atoms with Gasteiger partial charge < -0.3 is 9.13 Å². The number of hydrogen-bond acceptors (Lipinski definition) is 4. The van der Waals surface area contributed by atoms with Gasteiger partial charge in [-0.1, -0.05) is 200 Å². The molecule has 5 nitrogen and oxygen atoms in total. The van der Waals surface area contributed by atoms with Crippen LogP contribution >= 0.6 is 11.3 Å². The lowest BCUT2D eigenvalue weighted by Crippen LogP contribution is -2.02. The van der Waals surface area contributed by atoms with E-state index in [4.69, 9.17) is 15.0 Å². The molecule has 0 bridgehead atoms. The molecule has 4 aromatic heterocycles. The Morgan fingerprint density at radius 2 is 0.710 bits per heavy atom. The molecule has 14 aromatic rings. The second-order valence-electron chi connectivity index (χ2n) is 17.5. The van der Waals surface area contributed by atoms with Gasteiger partial charge >= 0.3 is 0 Å². The van der Waals surface area contributed by atoms with Crippen LogP contribution < -0.4 is 0 Å². The van der Waals surface area contributed by atoms with Gasteiger partial charge in [0, 0.05) is 60.4 Å². The van der Waals surface area contributed by atoms with E-state index in [-0.39, 0.29) is 0 Å². The molecule has 0 fully saturated rings. The lowest BCUT2D eigenvalue weighted by atomic mass is 9.99. The third-order valence-corrected chi connectivity index (χ3v) is 14.8. The zero-order valence-corrected chi connectivity index (χ0v) is 38.0. The fraction of sp³-hybridized carbons (Fsp3) is 0. The first-order valence-corrected chi connectivity index (χ1v) is 24.1. The van der Waals surface area contributed by atoms with Crippen LogP contribution in [-0.4, -0.2) is 24.1 Å². The van der Waals surface area contributed by atoms with Gasteiger partial charge in [0.15, 0.2) is 17.5 Å². The number of thiophene rings is 1. The summed E-state index contributed by atoms with van der Waals surface area (Å²) in [6, 6.07) is 84.2. The first-order valence-electron chi connectivity index (χ1n) is 23.3. The molecule has 10 aromatic carbocycles. The third-order valence-electron chi connectivity index (χ3n) is 13.6. The minimum Gasteiger partial charge on any atom is -0.308 e. The van der Waals surface area contributed by atoms with Crippen molar-refractivity contribution in [3.63, 3.8) is 0 Å². The number of aromatic nitrogens is 5. The molecule has 6 heteroatoms. The van der Waals surface area contributed by atoms with Crippen LogP contribution in [0, 0.1) is 0 Å². The molecule has 322 valence electrons. The number of hydrogen-bond donors (Lipinski definition) is 0. The van der Waals surface area contributed by atoms with E-state index in [1.807, 2.05) is 23.5 Å². The highest BCUT2D eigenvalue weighted by molar-refractivity contribution is 7.27. The monoisotopic (exact) mass is 897 g/mol. The fourth-order valence-electron chi connectivity index (χ4n) is 10.4. The van der Waals surface area contributed by atoms with Gasteiger partial charge in [-0.15, -0.1) is 11.3 Å². The van der Waals surface area contributed by atoms with Crippen LogP contribution in [0.5, 0.6) is 0 Å². The van der Waals surface area contributed by atoms with Crippen molar-refractivity contribution < 1.29 is 0 Å². The molecule has 69 heavy (non-hydrogen) atoms. The third kappa shape index (κ3) is 6.34. The minimum atomic E-state index is 0.607. The van der Waals surface area contributed by atoms with E-state index in [1.54, 1.807) is 0 Å². The van der Waals surface area contributed by atoms with Crippen molar-refractivity contribution in [1.29, 1.82) is 0 Å². The largest absolute Gasteiger partial charge is 0.308 e. The maximum atomic E-state index is 5.32. The molecule has 0 saturated heterocycles. The Hall–Kier alpha value is -8.97. The van der Waals surface area contributed by atoms with Crippen LogP contribution in [0.4, 0.5) is 0 Å². The van der Waals surface area contributed by atoms with E-state index in [2.05, 4.69) is 234 Å². The van der Waals surface area contributed by atoms with Crippen molar-refractivity contribution in [2.24, 2.45) is 0 Å². The summed E-state index contributed by atoms with van der Waals surface area (Å²) < 4.78 is 7.43. The van der Waals surface area contributed by atoms with Crippen LogP contribution in [0.3, 0.4) is 0 Å². The van der Waals surface area contributed by atoms with Gasteiger partial charge in [-0.25, -0.2) is 15.0 Å². The zero-order chi connectivity index (χ0) is 45.4. The minimum absolute atomic E-state index is 0.607. The topological polar surface area (TPSA) is 48.5 Å². The first-order chi connectivity index (χ1) is 34.2. The molecule has 0 amide bonds. The lowest BCUT2D eigenvalue weighted by molar-refractivity contribution is 1.07. The molecule has 0 N–H and O–H groups in total. The van der Waals surface area contributed by atoms with Crippen molar-refractivity contribution in [1.82, 2.24) is 24.1 Å². The van der Waals surface area contributed by atoms with E-state index < -0.39 is 0 Å². The van der Waals surface area contributed by atoms with E-state index in [0.717, 1.165) is 55.8 Å². The smallest absolute Gasteiger partial charge is 0.164 e. The maximum Gasteiger partial charge on any atom is 0.164 e. The molecule has 0 atom stereocenters. The second-order valence-corrected chi connectivity index (χ2v) is 18.6. The molecule has 0 aliphatic heterocycles. The first kappa shape index (κ1) is 39.2. The molecular formula is C63H39N5S. The van der Waals surface area contributed by atoms with Gasteiger partial charge in [-0.2, -0.15) is 0 Å². The lowest BCUT2D eigenvalue weighted by Gasteiger charge is -2.13. The summed E-state index contributed by atoms with van der Waals surface area (Å²) in [7, 11) is 0. The number of fused-ring (bicyclic) bond motifs is 11. The molecule has 0 aliphatic rings. The highest BCUT2D eigenvalue weighted by Crippen LogP contribution is 2.47. The number of benzene rings is 10. The summed E-state index contributed by atoms with van der Waals surface area (Å²) in [5, 5.41) is 7.44. The molecule has 0 aliphatic carbocycles. The van der Waals surface area contributed by atoms with Gasteiger partial charge in [0.25, 0.3) is 0 Å². The Kier molecular flexibility index (Phi) is 9.00. The van der Waals surface area contributed by atoms with E-state index in [9.17, 15) is 0 Å². The maximum absolute atomic E-state index is 5.32. The Morgan fingerprint density at radius 1 is 0.275 bits per heavy atom. The zero-order valence-electron chi connectivity index (χ0n) is 37.2. The Bertz CT molecular complexity index is 4280. The second kappa shape index (κ2) is 15.8. The van der Waals surface area contributed by atoms with Crippen molar-refractivity contribution in [3.8, 4) is 67.8 Å². The molecule has 0 radical (unpaired) electrons. The molecule has 0 spiro atoms. The van der Waals surface area contributed by atoms with Crippen LogP contribution in [0.1, 0.15) is 0 Å². The fourth-order valence-corrected chi connectivity index (χ4v) is 11.8. The Balaban J connectivity index is 0.987. The molecular weight excluding hydrogens is 859 g/mol. The average molecular weight is 898 g/mol.